The number of rotatable bonds is 4. The first kappa shape index (κ1) is 14.8. The van der Waals surface area contributed by atoms with E-state index in [-0.39, 0.29) is 28.3 Å². The fraction of sp³-hybridized carbons (Fsp3) is 0.143. The van der Waals surface area contributed by atoms with Gasteiger partial charge >= 0.3 is 0 Å². The molecule has 0 saturated heterocycles. The summed E-state index contributed by atoms with van der Waals surface area (Å²) in [5.41, 5.74) is 1.10. The third-order valence-electron chi connectivity index (χ3n) is 2.75. The number of amides is 1. The molecule has 2 rings (SSSR count). The number of halogens is 2. The van der Waals surface area contributed by atoms with E-state index in [4.69, 9.17) is 23.2 Å². The zero-order chi connectivity index (χ0) is 14.5. The van der Waals surface area contributed by atoms with Gasteiger partial charge in [0.15, 0.2) is 0 Å². The van der Waals surface area contributed by atoms with Crippen molar-refractivity contribution in [2.75, 3.05) is 6.61 Å². The van der Waals surface area contributed by atoms with Crippen LogP contribution in [0, 0.1) is 0 Å². The first-order valence-electron chi connectivity index (χ1n) is 5.89. The predicted molar refractivity (Wildman–Crippen MR) is 78.0 cm³/mol. The molecule has 4 nitrogen and oxygen atoms in total. The SMILES string of the molecule is O=C(NC(CO)c1ccccc1)c1cnc(Cl)c(Cl)c1. The standard InChI is InChI=1S/C14H12Cl2N2O2/c15-11-6-10(7-17-13(11)16)14(20)18-12(8-19)9-4-2-1-3-5-9/h1-7,12,19H,8H2,(H,18,20). The Hall–Kier alpha value is -1.62. The molecule has 1 amide bonds. The maximum Gasteiger partial charge on any atom is 0.253 e. The van der Waals surface area contributed by atoms with Gasteiger partial charge < -0.3 is 10.4 Å². The molecule has 1 aromatic carbocycles. The first-order chi connectivity index (χ1) is 9.61. The Balaban J connectivity index is 2.15. The van der Waals surface area contributed by atoms with Crippen LogP contribution in [-0.2, 0) is 0 Å². The van der Waals surface area contributed by atoms with Gasteiger partial charge in [-0.3, -0.25) is 4.79 Å². The number of nitrogens with one attached hydrogen (secondary N) is 1. The lowest BCUT2D eigenvalue weighted by molar-refractivity contribution is 0.0916. The fourth-order valence-corrected chi connectivity index (χ4v) is 1.98. The summed E-state index contributed by atoms with van der Waals surface area (Å²) in [6.07, 6.45) is 1.34. The zero-order valence-corrected chi connectivity index (χ0v) is 11.9. The van der Waals surface area contributed by atoms with Crippen LogP contribution in [0.5, 0.6) is 0 Å². The van der Waals surface area contributed by atoms with Gasteiger partial charge in [-0.05, 0) is 11.6 Å². The predicted octanol–water partition coefficient (Wildman–Crippen LogP) is 2.85. The molecule has 1 heterocycles. The summed E-state index contributed by atoms with van der Waals surface area (Å²) >= 11 is 11.5. The molecule has 0 aliphatic heterocycles. The molecule has 0 radical (unpaired) electrons. The van der Waals surface area contributed by atoms with Gasteiger partial charge in [0, 0.05) is 6.20 Å². The number of nitrogens with zero attached hydrogens (tertiary/aromatic N) is 1. The highest BCUT2D eigenvalue weighted by atomic mass is 35.5. The van der Waals surface area contributed by atoms with Crippen molar-refractivity contribution in [2.45, 2.75) is 6.04 Å². The normalized spacial score (nSPS) is 11.9. The minimum Gasteiger partial charge on any atom is -0.394 e. The number of hydrogen-bond donors (Lipinski definition) is 2. The van der Waals surface area contributed by atoms with E-state index in [1.165, 1.54) is 12.3 Å². The van der Waals surface area contributed by atoms with Gasteiger partial charge in [-0.15, -0.1) is 0 Å². The Morgan fingerprint density at radius 2 is 2.00 bits per heavy atom. The minimum atomic E-state index is -0.488. The Labute approximate surface area is 126 Å². The number of aliphatic hydroxyl groups is 1. The molecule has 1 atom stereocenters. The maximum absolute atomic E-state index is 12.1. The zero-order valence-electron chi connectivity index (χ0n) is 10.4. The lowest BCUT2D eigenvalue weighted by atomic mass is 10.1. The van der Waals surface area contributed by atoms with Crippen molar-refractivity contribution in [2.24, 2.45) is 0 Å². The highest BCUT2D eigenvalue weighted by Crippen LogP contribution is 2.20. The van der Waals surface area contributed by atoms with E-state index in [1.807, 2.05) is 30.3 Å². The summed E-state index contributed by atoms with van der Waals surface area (Å²) < 4.78 is 0. The second-order valence-electron chi connectivity index (χ2n) is 4.12. The van der Waals surface area contributed by atoms with Gasteiger partial charge in [0.2, 0.25) is 0 Å². The van der Waals surface area contributed by atoms with Crippen LogP contribution in [0.2, 0.25) is 10.2 Å². The van der Waals surface area contributed by atoms with Crippen molar-refractivity contribution < 1.29 is 9.90 Å². The Morgan fingerprint density at radius 3 is 2.60 bits per heavy atom. The first-order valence-corrected chi connectivity index (χ1v) is 6.65. The molecule has 0 bridgehead atoms. The lowest BCUT2D eigenvalue weighted by Crippen LogP contribution is -2.30. The summed E-state index contributed by atoms with van der Waals surface area (Å²) in [6.45, 7) is -0.204. The molecule has 104 valence electrons. The van der Waals surface area contributed by atoms with Gasteiger partial charge in [0.1, 0.15) is 5.15 Å². The number of carbonyl (C=O) groups excluding carboxylic acids is 1. The van der Waals surface area contributed by atoms with E-state index < -0.39 is 6.04 Å². The summed E-state index contributed by atoms with van der Waals surface area (Å²) in [7, 11) is 0. The van der Waals surface area contributed by atoms with Crippen molar-refractivity contribution in [1.82, 2.24) is 10.3 Å². The maximum atomic E-state index is 12.1. The van der Waals surface area contributed by atoms with E-state index in [0.29, 0.717) is 0 Å². The topological polar surface area (TPSA) is 62.2 Å². The Morgan fingerprint density at radius 1 is 1.30 bits per heavy atom. The highest BCUT2D eigenvalue weighted by Gasteiger charge is 2.15. The molecule has 2 aromatic rings. The van der Waals surface area contributed by atoms with Crippen LogP contribution in [0.25, 0.3) is 0 Å². The van der Waals surface area contributed by atoms with Crippen LogP contribution < -0.4 is 5.32 Å². The molecule has 0 aliphatic rings. The molecule has 1 unspecified atom stereocenters. The molecular formula is C14H12Cl2N2O2. The van der Waals surface area contributed by atoms with E-state index >= 15 is 0 Å². The van der Waals surface area contributed by atoms with Crippen molar-refractivity contribution in [1.29, 1.82) is 0 Å². The number of hydrogen-bond acceptors (Lipinski definition) is 3. The van der Waals surface area contributed by atoms with E-state index in [0.717, 1.165) is 5.56 Å². The second-order valence-corrected chi connectivity index (χ2v) is 4.88. The molecule has 2 N–H and O–H groups in total. The number of aromatic nitrogens is 1. The Kier molecular flexibility index (Phi) is 4.95. The van der Waals surface area contributed by atoms with Gasteiger partial charge in [-0.1, -0.05) is 53.5 Å². The number of benzene rings is 1. The van der Waals surface area contributed by atoms with Gasteiger partial charge in [-0.25, -0.2) is 4.98 Å². The van der Waals surface area contributed by atoms with Crippen LogP contribution in [0.3, 0.4) is 0 Å². The van der Waals surface area contributed by atoms with E-state index in [1.54, 1.807) is 0 Å². The third kappa shape index (κ3) is 3.48. The molecule has 20 heavy (non-hydrogen) atoms. The Bertz CT molecular complexity index is 605. The fourth-order valence-electron chi connectivity index (χ4n) is 1.71. The molecule has 1 aromatic heterocycles. The van der Waals surface area contributed by atoms with E-state index in [9.17, 15) is 9.90 Å². The molecule has 0 spiro atoms. The van der Waals surface area contributed by atoms with Crippen LogP contribution in [0.1, 0.15) is 22.0 Å². The summed E-state index contributed by atoms with van der Waals surface area (Å²) in [4.78, 5) is 15.9. The number of pyridine rings is 1. The largest absolute Gasteiger partial charge is 0.394 e. The van der Waals surface area contributed by atoms with Crippen LogP contribution >= 0.6 is 23.2 Å². The van der Waals surface area contributed by atoms with E-state index in [2.05, 4.69) is 10.3 Å². The van der Waals surface area contributed by atoms with Crippen molar-refractivity contribution >= 4 is 29.1 Å². The average Bonchev–Trinajstić information content (AvgIpc) is 2.48. The molecule has 6 heteroatoms. The molecular weight excluding hydrogens is 299 g/mol. The van der Waals surface area contributed by atoms with Gasteiger partial charge in [0.05, 0.1) is 23.2 Å². The minimum absolute atomic E-state index is 0.144. The summed E-state index contributed by atoms with van der Waals surface area (Å²) in [6, 6.07) is 10.1. The summed E-state index contributed by atoms with van der Waals surface area (Å²) in [5.74, 6) is -0.376. The van der Waals surface area contributed by atoms with Crippen LogP contribution in [0.15, 0.2) is 42.6 Å². The quantitative estimate of drug-likeness (QED) is 0.854. The smallest absolute Gasteiger partial charge is 0.253 e. The summed E-state index contributed by atoms with van der Waals surface area (Å²) in [5, 5.41) is 12.5. The van der Waals surface area contributed by atoms with Gasteiger partial charge in [-0.2, -0.15) is 0 Å². The average molecular weight is 311 g/mol. The third-order valence-corrected chi connectivity index (χ3v) is 3.43. The van der Waals surface area contributed by atoms with Crippen molar-refractivity contribution in [3.63, 3.8) is 0 Å². The second kappa shape index (κ2) is 6.70. The number of carbonyl (C=O) groups is 1. The monoisotopic (exact) mass is 310 g/mol. The van der Waals surface area contributed by atoms with Gasteiger partial charge in [0.25, 0.3) is 5.91 Å². The lowest BCUT2D eigenvalue weighted by Gasteiger charge is -2.16. The van der Waals surface area contributed by atoms with Crippen molar-refractivity contribution in [3.05, 3.63) is 63.9 Å². The van der Waals surface area contributed by atoms with Crippen LogP contribution in [-0.4, -0.2) is 22.6 Å². The highest BCUT2D eigenvalue weighted by molar-refractivity contribution is 6.41. The molecule has 0 saturated carbocycles. The van der Waals surface area contributed by atoms with Crippen molar-refractivity contribution in [3.8, 4) is 0 Å². The molecule has 0 fully saturated rings. The van der Waals surface area contributed by atoms with Crippen LogP contribution in [0.4, 0.5) is 0 Å². The molecule has 0 aliphatic carbocycles. The number of aliphatic hydroxyl groups excluding tert-OH is 1.